The van der Waals surface area contributed by atoms with E-state index in [0.717, 1.165) is 11.1 Å². The summed E-state index contributed by atoms with van der Waals surface area (Å²) in [7, 11) is 1.25. The van der Waals surface area contributed by atoms with Crippen molar-refractivity contribution in [2.75, 3.05) is 7.11 Å². The summed E-state index contributed by atoms with van der Waals surface area (Å²) in [4.78, 5) is 25.8. The van der Waals surface area contributed by atoms with E-state index in [1.165, 1.54) is 23.0 Å². The van der Waals surface area contributed by atoms with Crippen LogP contribution in [0.15, 0.2) is 71.0 Å². The zero-order valence-electron chi connectivity index (χ0n) is 16.0. The lowest BCUT2D eigenvalue weighted by atomic mass is 9.84. The van der Waals surface area contributed by atoms with Gasteiger partial charge >= 0.3 is 5.97 Å². The Balaban J connectivity index is 2.10. The van der Waals surface area contributed by atoms with Gasteiger partial charge < -0.3 is 10.5 Å². The molecule has 0 spiro atoms. The number of rotatable bonds is 3. The summed E-state index contributed by atoms with van der Waals surface area (Å²) in [6, 6.07) is 20.7. The molecule has 0 saturated carbocycles. The highest BCUT2D eigenvalue weighted by molar-refractivity contribution is 7.07. The number of benzene rings is 2. The number of esters is 1. The van der Waals surface area contributed by atoms with E-state index in [2.05, 4.69) is 6.07 Å². The lowest BCUT2D eigenvalue weighted by Crippen LogP contribution is -2.40. The van der Waals surface area contributed by atoms with E-state index in [-0.39, 0.29) is 22.5 Å². The van der Waals surface area contributed by atoms with Crippen molar-refractivity contribution in [2.24, 2.45) is 5.73 Å². The minimum Gasteiger partial charge on any atom is -0.466 e. The molecule has 2 aromatic carbocycles. The number of thiazole rings is 1. The van der Waals surface area contributed by atoms with E-state index in [9.17, 15) is 14.9 Å². The van der Waals surface area contributed by atoms with Gasteiger partial charge in [0.25, 0.3) is 5.56 Å². The third-order valence-corrected chi connectivity index (χ3v) is 6.01. The molecule has 1 aliphatic rings. The maximum absolute atomic E-state index is 13.1. The maximum Gasteiger partial charge on any atom is 0.338 e. The van der Waals surface area contributed by atoms with Crippen LogP contribution in [0.1, 0.15) is 17.0 Å². The molecule has 30 heavy (non-hydrogen) atoms. The average molecular weight is 415 g/mol. The number of methoxy groups -OCH3 is 1. The minimum atomic E-state index is -0.716. The summed E-state index contributed by atoms with van der Waals surface area (Å²) in [6.45, 7) is 0. The maximum atomic E-state index is 13.1. The van der Waals surface area contributed by atoms with Crippen molar-refractivity contribution in [2.45, 2.75) is 5.92 Å². The number of nitrogens with two attached hydrogens (primary N) is 1. The number of nitriles is 1. The van der Waals surface area contributed by atoms with Crippen LogP contribution in [0.2, 0.25) is 0 Å². The predicted molar refractivity (Wildman–Crippen MR) is 115 cm³/mol. The van der Waals surface area contributed by atoms with Crippen molar-refractivity contribution in [1.82, 2.24) is 4.57 Å². The lowest BCUT2D eigenvalue weighted by molar-refractivity contribution is -0.136. The number of hydrogen-bond donors (Lipinski definition) is 1. The Morgan fingerprint density at radius 1 is 1.17 bits per heavy atom. The molecule has 0 aliphatic carbocycles. The summed E-state index contributed by atoms with van der Waals surface area (Å²) in [5.41, 5.74) is 7.89. The quantitative estimate of drug-likeness (QED) is 0.654. The highest BCUT2D eigenvalue weighted by Crippen LogP contribution is 2.36. The molecular weight excluding hydrogens is 398 g/mol. The number of aromatic nitrogens is 1. The van der Waals surface area contributed by atoms with E-state index in [1.54, 1.807) is 6.08 Å². The first-order valence-corrected chi connectivity index (χ1v) is 9.94. The van der Waals surface area contributed by atoms with Crippen LogP contribution in [0.25, 0.3) is 17.5 Å². The second kappa shape index (κ2) is 7.85. The molecule has 0 radical (unpaired) electrons. The number of carbonyl (C=O) groups excluding carboxylic acids is 1. The monoisotopic (exact) mass is 415 g/mol. The standard InChI is InChI=1S/C23H17N3O3S/c1-29-23(28)19-18(15-10-6-3-7-11-15)16(13-24)22-26(20(19)25)21(27)17(30-22)12-14-8-4-2-5-9-14/h2-12,18H,25H2,1H3/b17-12-/t18-/m0/s1. The Bertz CT molecular complexity index is 1380. The molecule has 0 amide bonds. The van der Waals surface area contributed by atoms with Crippen LogP contribution >= 0.6 is 11.3 Å². The van der Waals surface area contributed by atoms with E-state index >= 15 is 0 Å². The fourth-order valence-corrected chi connectivity index (χ4v) is 4.67. The van der Waals surface area contributed by atoms with Crippen molar-refractivity contribution in [3.05, 3.63) is 96.9 Å². The number of nitrogens with zero attached hydrogens (tertiary/aromatic N) is 2. The van der Waals surface area contributed by atoms with E-state index in [4.69, 9.17) is 10.5 Å². The minimum absolute atomic E-state index is 0.0151. The molecule has 1 aliphatic heterocycles. The molecule has 6 nitrogen and oxygen atoms in total. The van der Waals surface area contributed by atoms with E-state index in [0.29, 0.717) is 9.20 Å². The van der Waals surface area contributed by atoms with Crippen LogP contribution in [-0.2, 0) is 9.53 Å². The summed E-state index contributed by atoms with van der Waals surface area (Å²) in [6.07, 6.45) is 1.75. The SMILES string of the molecule is COC(=O)C1=C(N)n2c(s/c(=C\c3ccccc3)c2=O)=C(C#N)[C@@H]1c1ccccc1. The Kier molecular flexibility index (Phi) is 5.09. The van der Waals surface area contributed by atoms with Crippen LogP contribution in [0, 0.1) is 11.3 Å². The molecule has 2 heterocycles. The molecule has 1 aromatic heterocycles. The Labute approximate surface area is 176 Å². The van der Waals surface area contributed by atoms with Gasteiger partial charge in [0.05, 0.1) is 34.8 Å². The first-order chi connectivity index (χ1) is 14.6. The first kappa shape index (κ1) is 19.4. The third kappa shape index (κ3) is 3.13. The molecule has 4 rings (SSSR count). The summed E-state index contributed by atoms with van der Waals surface area (Å²) >= 11 is 1.18. The first-order valence-electron chi connectivity index (χ1n) is 9.13. The molecule has 0 saturated heterocycles. The lowest BCUT2D eigenvalue weighted by Gasteiger charge is -2.24. The second-order valence-corrected chi connectivity index (χ2v) is 7.66. The van der Waals surface area contributed by atoms with Crippen LogP contribution in [0.5, 0.6) is 0 Å². The second-order valence-electron chi connectivity index (χ2n) is 6.63. The van der Waals surface area contributed by atoms with Crippen LogP contribution < -0.4 is 20.5 Å². The molecule has 1 atom stereocenters. The number of hydrogen-bond acceptors (Lipinski definition) is 6. The van der Waals surface area contributed by atoms with Crippen molar-refractivity contribution >= 4 is 34.8 Å². The van der Waals surface area contributed by atoms with Crippen molar-refractivity contribution in [3.63, 3.8) is 0 Å². The number of carbonyl (C=O) groups is 1. The Morgan fingerprint density at radius 3 is 2.40 bits per heavy atom. The van der Waals surface area contributed by atoms with Crippen molar-refractivity contribution in [3.8, 4) is 6.07 Å². The summed E-state index contributed by atoms with van der Waals surface area (Å²) in [5.74, 6) is -1.41. The van der Waals surface area contributed by atoms with Gasteiger partial charge in [-0.05, 0) is 17.2 Å². The molecular formula is C23H17N3O3S. The molecule has 0 unspecified atom stereocenters. The predicted octanol–water partition coefficient (Wildman–Crippen LogP) is 1.51. The largest absolute Gasteiger partial charge is 0.466 e. The average Bonchev–Trinajstić information content (AvgIpc) is 3.10. The summed E-state index contributed by atoms with van der Waals surface area (Å²) < 4.78 is 7.02. The van der Waals surface area contributed by atoms with Gasteiger partial charge in [0.15, 0.2) is 0 Å². The fourth-order valence-electron chi connectivity index (χ4n) is 3.54. The van der Waals surface area contributed by atoms with Crippen LogP contribution in [0.4, 0.5) is 0 Å². The smallest absolute Gasteiger partial charge is 0.338 e. The molecule has 3 aromatic rings. The van der Waals surface area contributed by atoms with Crippen molar-refractivity contribution < 1.29 is 9.53 Å². The highest BCUT2D eigenvalue weighted by Gasteiger charge is 2.36. The topological polar surface area (TPSA) is 98.1 Å². The van der Waals surface area contributed by atoms with E-state index in [1.807, 2.05) is 60.7 Å². The van der Waals surface area contributed by atoms with Gasteiger partial charge in [-0.25, -0.2) is 4.79 Å². The number of ether oxygens (including phenoxy) is 1. The van der Waals surface area contributed by atoms with Gasteiger partial charge in [-0.3, -0.25) is 9.36 Å². The fraction of sp³-hybridized carbons (Fsp3) is 0.0870. The molecule has 0 bridgehead atoms. The molecule has 7 heteroatoms. The van der Waals surface area contributed by atoms with Gasteiger partial charge in [-0.15, -0.1) is 11.3 Å². The van der Waals surface area contributed by atoms with Crippen LogP contribution in [-0.4, -0.2) is 17.6 Å². The van der Waals surface area contributed by atoms with Gasteiger partial charge in [-0.1, -0.05) is 60.7 Å². The Hall–Kier alpha value is -3.89. The third-order valence-electron chi connectivity index (χ3n) is 4.90. The van der Waals surface area contributed by atoms with Gasteiger partial charge in [0, 0.05) is 0 Å². The Morgan fingerprint density at radius 2 is 1.80 bits per heavy atom. The molecule has 0 fully saturated rings. The zero-order chi connectivity index (χ0) is 21.3. The highest BCUT2D eigenvalue weighted by atomic mass is 32.1. The zero-order valence-corrected chi connectivity index (χ0v) is 16.8. The van der Waals surface area contributed by atoms with Gasteiger partial charge in [0.2, 0.25) is 0 Å². The molecule has 148 valence electrons. The summed E-state index contributed by atoms with van der Waals surface area (Å²) in [5, 5.41) is 10.00. The van der Waals surface area contributed by atoms with Gasteiger partial charge in [0.1, 0.15) is 10.5 Å². The number of fused-ring (bicyclic) bond motifs is 1. The normalized spacial score (nSPS) is 16.2. The molecule has 2 N–H and O–H groups in total. The van der Waals surface area contributed by atoms with E-state index < -0.39 is 11.9 Å². The van der Waals surface area contributed by atoms with Crippen LogP contribution in [0.3, 0.4) is 0 Å². The van der Waals surface area contributed by atoms with Gasteiger partial charge in [-0.2, -0.15) is 5.26 Å². The van der Waals surface area contributed by atoms with Crippen molar-refractivity contribution in [1.29, 1.82) is 5.26 Å².